The summed E-state index contributed by atoms with van der Waals surface area (Å²) in [4.78, 5) is 35.3. The van der Waals surface area contributed by atoms with Crippen molar-refractivity contribution in [2.24, 2.45) is 17.6 Å². The van der Waals surface area contributed by atoms with Crippen molar-refractivity contribution in [2.75, 3.05) is 11.4 Å². The number of hydrogen-bond acceptors (Lipinski definition) is 4. The van der Waals surface area contributed by atoms with Gasteiger partial charge in [-0.15, -0.1) is 0 Å². The molecule has 3 atom stereocenters. The first-order valence-corrected chi connectivity index (χ1v) is 10.0. The Morgan fingerprint density at radius 3 is 2.32 bits per heavy atom. The summed E-state index contributed by atoms with van der Waals surface area (Å²) in [6.45, 7) is 6.64. The third-order valence-electron chi connectivity index (χ3n) is 5.20. The molecule has 6 nitrogen and oxygen atoms in total. The van der Waals surface area contributed by atoms with E-state index in [0.29, 0.717) is 12.3 Å². The molecule has 9 heteroatoms. The van der Waals surface area contributed by atoms with Gasteiger partial charge in [0.1, 0.15) is 5.78 Å². The fraction of sp³-hybridized carbons (Fsp3) is 0.500. The Morgan fingerprint density at radius 1 is 1.23 bits per heavy atom. The van der Waals surface area contributed by atoms with E-state index < -0.39 is 18.2 Å². The van der Waals surface area contributed by atoms with Gasteiger partial charge in [-0.25, -0.2) is 4.79 Å². The van der Waals surface area contributed by atoms with E-state index in [9.17, 15) is 22.8 Å². The summed E-state index contributed by atoms with van der Waals surface area (Å²) in [5.41, 5.74) is 7.90. The summed E-state index contributed by atoms with van der Waals surface area (Å²) >= 11 is 0. The lowest BCUT2D eigenvalue weighted by atomic mass is 9.86. The minimum Gasteiger partial charge on any atom is -0.475 e. The Balaban J connectivity index is 0.000000592. The zero-order valence-electron chi connectivity index (χ0n) is 17.9. The molecule has 0 spiro atoms. The van der Waals surface area contributed by atoms with Crippen molar-refractivity contribution in [3.05, 3.63) is 42.0 Å². The number of anilines is 1. The van der Waals surface area contributed by atoms with Gasteiger partial charge in [0, 0.05) is 18.7 Å². The molecule has 0 unspecified atom stereocenters. The van der Waals surface area contributed by atoms with Crippen LogP contribution in [0.15, 0.2) is 36.4 Å². The molecular formula is C22H29F3N2O4. The number of carboxylic acids is 1. The van der Waals surface area contributed by atoms with Gasteiger partial charge in [-0.1, -0.05) is 44.5 Å². The number of carbonyl (C=O) groups is 3. The molecule has 0 aromatic heterocycles. The Morgan fingerprint density at radius 2 is 1.81 bits per heavy atom. The van der Waals surface area contributed by atoms with Crippen molar-refractivity contribution < 1.29 is 32.7 Å². The van der Waals surface area contributed by atoms with Crippen LogP contribution in [0.25, 0.3) is 0 Å². The van der Waals surface area contributed by atoms with Crippen LogP contribution in [0.5, 0.6) is 0 Å². The first kappa shape index (κ1) is 26.4. The summed E-state index contributed by atoms with van der Waals surface area (Å²) in [6.07, 6.45) is 0.702. The summed E-state index contributed by atoms with van der Waals surface area (Å²) < 4.78 is 31.7. The van der Waals surface area contributed by atoms with Crippen LogP contribution in [-0.2, 0) is 20.8 Å². The number of benzene rings is 1. The van der Waals surface area contributed by atoms with Gasteiger partial charge >= 0.3 is 12.1 Å². The number of carboxylic acid groups (broad SMARTS) is 1. The Hall–Kier alpha value is -2.68. The maximum Gasteiger partial charge on any atom is 0.490 e. The van der Waals surface area contributed by atoms with Crippen molar-refractivity contribution in [1.29, 1.82) is 0 Å². The maximum absolute atomic E-state index is 12.6. The van der Waals surface area contributed by atoms with Gasteiger partial charge in [-0.2, -0.15) is 13.2 Å². The van der Waals surface area contributed by atoms with Gasteiger partial charge in [-0.3, -0.25) is 9.59 Å². The van der Waals surface area contributed by atoms with Crippen LogP contribution >= 0.6 is 0 Å². The van der Waals surface area contributed by atoms with E-state index in [4.69, 9.17) is 15.6 Å². The van der Waals surface area contributed by atoms with Crippen molar-refractivity contribution >= 4 is 23.3 Å². The predicted octanol–water partition coefficient (Wildman–Crippen LogP) is 3.73. The van der Waals surface area contributed by atoms with Crippen LogP contribution in [0.4, 0.5) is 18.9 Å². The smallest absolute Gasteiger partial charge is 0.475 e. The number of halogens is 3. The van der Waals surface area contributed by atoms with Gasteiger partial charge in [0.2, 0.25) is 0 Å². The van der Waals surface area contributed by atoms with Crippen molar-refractivity contribution in [1.82, 2.24) is 0 Å². The first-order valence-electron chi connectivity index (χ1n) is 10.0. The second-order valence-corrected chi connectivity index (χ2v) is 7.54. The molecule has 1 aromatic carbocycles. The van der Waals surface area contributed by atoms with Crippen molar-refractivity contribution in [2.45, 2.75) is 52.3 Å². The predicted molar refractivity (Wildman–Crippen MR) is 112 cm³/mol. The number of allylic oxidation sites excluding steroid dienone is 1. The highest BCUT2D eigenvalue weighted by Crippen LogP contribution is 2.28. The summed E-state index contributed by atoms with van der Waals surface area (Å²) in [7, 11) is 0. The molecule has 0 bridgehead atoms. The quantitative estimate of drug-likeness (QED) is 0.627. The molecule has 31 heavy (non-hydrogen) atoms. The SMILES string of the molecule is CC[C@H](C)[C@@H](/C=C/C(=O)N1CCc2ccccc21)CC(=O)[C@H](C)N.O=C(O)C(F)(F)F. The molecule has 1 aromatic rings. The number of para-hydroxylation sites is 1. The summed E-state index contributed by atoms with van der Waals surface area (Å²) in [5, 5.41) is 7.12. The highest BCUT2D eigenvalue weighted by Gasteiger charge is 2.38. The number of carbonyl (C=O) groups excluding carboxylic acids is 2. The highest BCUT2D eigenvalue weighted by molar-refractivity contribution is 6.02. The van der Waals surface area contributed by atoms with Crippen molar-refractivity contribution in [3.8, 4) is 0 Å². The number of alkyl halides is 3. The molecule has 172 valence electrons. The number of ketones is 1. The van der Waals surface area contributed by atoms with E-state index in [-0.39, 0.29) is 17.6 Å². The average Bonchev–Trinajstić information content (AvgIpc) is 3.14. The van der Waals surface area contributed by atoms with E-state index in [1.54, 1.807) is 13.0 Å². The molecule has 2 rings (SSSR count). The number of rotatable bonds is 7. The zero-order chi connectivity index (χ0) is 23.8. The standard InChI is InChI=1S/C20H28N2O2.C2HF3O2/c1-4-14(2)17(13-19(23)15(3)21)9-10-20(24)22-12-11-16-7-5-6-8-18(16)22;3-2(4,5)1(6)7/h5-10,14-15,17H,4,11-13,21H2,1-3H3;(H,6,7)/b10-9+;/t14-,15-,17-;/m0./s1. The van der Waals surface area contributed by atoms with Crippen LogP contribution < -0.4 is 10.6 Å². The van der Waals surface area contributed by atoms with E-state index in [2.05, 4.69) is 19.9 Å². The molecule has 1 aliphatic heterocycles. The number of aliphatic carboxylic acids is 1. The number of nitrogens with zero attached hydrogens (tertiary/aromatic N) is 1. The van der Waals surface area contributed by atoms with Gasteiger partial charge in [0.25, 0.3) is 5.91 Å². The van der Waals surface area contributed by atoms with E-state index in [0.717, 1.165) is 25.1 Å². The molecule has 0 fully saturated rings. The minimum atomic E-state index is -5.08. The molecule has 1 heterocycles. The molecule has 1 amide bonds. The third kappa shape index (κ3) is 8.16. The van der Waals surface area contributed by atoms with Crippen LogP contribution in [0.3, 0.4) is 0 Å². The van der Waals surface area contributed by atoms with Crippen LogP contribution in [0.2, 0.25) is 0 Å². The molecule has 3 N–H and O–H groups in total. The van der Waals surface area contributed by atoms with E-state index in [1.807, 2.05) is 29.2 Å². The van der Waals surface area contributed by atoms with Gasteiger partial charge in [0.05, 0.1) is 6.04 Å². The molecular weight excluding hydrogens is 413 g/mol. The Labute approximate surface area is 179 Å². The van der Waals surface area contributed by atoms with Crippen LogP contribution in [-0.4, -0.2) is 41.5 Å². The number of nitrogens with two attached hydrogens (primary N) is 1. The second-order valence-electron chi connectivity index (χ2n) is 7.54. The zero-order valence-corrected chi connectivity index (χ0v) is 17.9. The molecule has 1 aliphatic rings. The van der Waals surface area contributed by atoms with Crippen molar-refractivity contribution in [3.63, 3.8) is 0 Å². The van der Waals surface area contributed by atoms with Crippen LogP contribution in [0, 0.1) is 11.8 Å². The third-order valence-corrected chi connectivity index (χ3v) is 5.20. The maximum atomic E-state index is 12.6. The molecule has 0 saturated heterocycles. The number of Topliss-reactive ketones (excluding diaryl/α,β-unsaturated/α-hetero) is 1. The second kappa shape index (κ2) is 11.6. The first-order chi connectivity index (χ1) is 14.4. The Bertz CT molecular complexity index is 806. The highest BCUT2D eigenvalue weighted by atomic mass is 19.4. The number of hydrogen-bond donors (Lipinski definition) is 2. The lowest BCUT2D eigenvalue weighted by Gasteiger charge is -2.20. The summed E-state index contributed by atoms with van der Waals surface area (Å²) in [6, 6.07) is 7.56. The number of fused-ring (bicyclic) bond motifs is 1. The van der Waals surface area contributed by atoms with Gasteiger partial charge in [-0.05, 0) is 42.9 Å². The largest absolute Gasteiger partial charge is 0.490 e. The normalized spacial score (nSPS) is 16.2. The summed E-state index contributed by atoms with van der Waals surface area (Å²) in [5.74, 6) is -2.34. The van der Waals surface area contributed by atoms with Crippen LogP contribution in [0.1, 0.15) is 39.2 Å². The lowest BCUT2D eigenvalue weighted by Crippen LogP contribution is -2.30. The fourth-order valence-corrected chi connectivity index (χ4v) is 3.04. The molecule has 0 aliphatic carbocycles. The van der Waals surface area contributed by atoms with E-state index >= 15 is 0 Å². The Kier molecular flexibility index (Phi) is 9.90. The fourth-order valence-electron chi connectivity index (χ4n) is 3.04. The average molecular weight is 442 g/mol. The molecule has 0 radical (unpaired) electrons. The van der Waals surface area contributed by atoms with E-state index in [1.165, 1.54) is 5.56 Å². The lowest BCUT2D eigenvalue weighted by molar-refractivity contribution is -0.192. The number of amides is 1. The minimum absolute atomic E-state index is 0.0125. The topological polar surface area (TPSA) is 101 Å². The van der Waals surface area contributed by atoms with Gasteiger partial charge < -0.3 is 15.7 Å². The van der Waals surface area contributed by atoms with Gasteiger partial charge in [0.15, 0.2) is 0 Å². The monoisotopic (exact) mass is 442 g/mol. The molecule has 0 saturated carbocycles.